The summed E-state index contributed by atoms with van der Waals surface area (Å²) in [5.74, 6) is -0.455. The number of anilines is 1. The number of hydrogen-bond acceptors (Lipinski definition) is 4. The van der Waals surface area contributed by atoms with Crippen molar-refractivity contribution >= 4 is 28.2 Å². The number of thiophene rings is 1. The Bertz CT molecular complexity index is 491. The average Bonchev–Trinajstić information content (AvgIpc) is 2.82. The van der Waals surface area contributed by atoms with Gasteiger partial charge in [0.1, 0.15) is 5.00 Å². The summed E-state index contributed by atoms with van der Waals surface area (Å²) in [4.78, 5) is 25.2. The second kappa shape index (κ2) is 6.88. The van der Waals surface area contributed by atoms with Crippen molar-refractivity contribution in [2.75, 3.05) is 11.9 Å². The van der Waals surface area contributed by atoms with Crippen molar-refractivity contribution in [3.05, 3.63) is 16.5 Å². The molecule has 0 aliphatic heterocycles. The van der Waals surface area contributed by atoms with Gasteiger partial charge >= 0.3 is 5.97 Å². The summed E-state index contributed by atoms with van der Waals surface area (Å²) in [6.07, 6.45) is 1.56. The number of rotatable bonds is 6. The van der Waals surface area contributed by atoms with Crippen molar-refractivity contribution in [1.82, 2.24) is 0 Å². The highest BCUT2D eigenvalue weighted by atomic mass is 32.1. The predicted octanol–water partition coefficient (Wildman–Crippen LogP) is 3.86. The van der Waals surface area contributed by atoms with E-state index in [2.05, 4.69) is 5.32 Å². The maximum Gasteiger partial charge on any atom is 0.341 e. The second-order valence-electron chi connectivity index (χ2n) is 5.22. The van der Waals surface area contributed by atoms with Gasteiger partial charge in [-0.05, 0) is 25.8 Å². The van der Waals surface area contributed by atoms with Gasteiger partial charge in [0.2, 0.25) is 5.91 Å². The lowest BCUT2D eigenvalue weighted by molar-refractivity contribution is -0.124. The van der Waals surface area contributed by atoms with Crippen LogP contribution in [0.1, 0.15) is 56.3 Å². The Morgan fingerprint density at radius 3 is 2.45 bits per heavy atom. The Kier molecular flexibility index (Phi) is 5.74. The summed E-state index contributed by atoms with van der Waals surface area (Å²) in [5, 5.41) is 3.46. The molecule has 0 spiro atoms. The fourth-order valence-electron chi connectivity index (χ4n) is 1.50. The van der Waals surface area contributed by atoms with E-state index in [1.807, 2.05) is 27.7 Å². The van der Waals surface area contributed by atoms with Crippen molar-refractivity contribution in [3.8, 4) is 0 Å². The molecule has 0 saturated carbocycles. The maximum atomic E-state index is 12.2. The van der Waals surface area contributed by atoms with Crippen LogP contribution in [0.25, 0.3) is 0 Å². The molecular weight excluding hydrogens is 274 g/mol. The number of ether oxygens (including phenoxy) is 1. The minimum atomic E-state index is -0.456. The van der Waals surface area contributed by atoms with E-state index in [0.717, 1.165) is 17.7 Å². The van der Waals surface area contributed by atoms with E-state index in [0.29, 0.717) is 17.2 Å². The van der Waals surface area contributed by atoms with Gasteiger partial charge in [-0.3, -0.25) is 4.79 Å². The largest absolute Gasteiger partial charge is 0.462 e. The first kappa shape index (κ1) is 16.7. The summed E-state index contributed by atoms with van der Waals surface area (Å²) in [6, 6.07) is 1.80. The maximum absolute atomic E-state index is 12.2. The third kappa shape index (κ3) is 3.82. The fraction of sp³-hybridized carbons (Fsp3) is 0.600. The van der Waals surface area contributed by atoms with Crippen LogP contribution >= 0.6 is 11.3 Å². The van der Waals surface area contributed by atoms with E-state index in [-0.39, 0.29) is 11.9 Å². The summed E-state index contributed by atoms with van der Waals surface area (Å²) in [5.41, 5.74) is -0.00332. The molecule has 0 aromatic carbocycles. The number of nitrogens with one attached hydrogen (secondary N) is 1. The van der Waals surface area contributed by atoms with Crippen LogP contribution in [0.15, 0.2) is 6.07 Å². The zero-order valence-electron chi connectivity index (χ0n) is 12.8. The van der Waals surface area contributed by atoms with E-state index >= 15 is 0 Å². The highest BCUT2D eigenvalue weighted by Crippen LogP contribution is 2.31. The molecule has 0 unspecified atom stereocenters. The molecule has 1 rings (SSSR count). The molecule has 0 saturated heterocycles. The van der Waals surface area contributed by atoms with E-state index in [1.165, 1.54) is 11.3 Å². The SMILES string of the molecule is CCOC(=O)c1cc(CC)sc1NC(=O)C(C)(C)CC. The van der Waals surface area contributed by atoms with Crippen LogP contribution in [0.2, 0.25) is 0 Å². The molecule has 0 aliphatic rings. The standard InChI is InChI=1S/C15H23NO3S/c1-6-10-9-11(13(17)19-8-3)12(20-10)16-14(18)15(4,5)7-2/h9H,6-8H2,1-5H3,(H,16,18). The number of esters is 1. The Morgan fingerprint density at radius 1 is 1.30 bits per heavy atom. The van der Waals surface area contributed by atoms with Crippen LogP contribution in [0, 0.1) is 5.41 Å². The van der Waals surface area contributed by atoms with Gasteiger partial charge in [-0.15, -0.1) is 11.3 Å². The normalized spacial score (nSPS) is 11.2. The van der Waals surface area contributed by atoms with Gasteiger partial charge in [0.15, 0.2) is 0 Å². The van der Waals surface area contributed by atoms with E-state index < -0.39 is 5.41 Å². The minimum Gasteiger partial charge on any atom is -0.462 e. The lowest BCUT2D eigenvalue weighted by atomic mass is 9.89. The predicted molar refractivity (Wildman–Crippen MR) is 82.4 cm³/mol. The monoisotopic (exact) mass is 297 g/mol. The molecule has 1 aromatic rings. The van der Waals surface area contributed by atoms with Crippen LogP contribution in [-0.4, -0.2) is 18.5 Å². The van der Waals surface area contributed by atoms with Crippen LogP contribution < -0.4 is 5.32 Å². The molecule has 0 radical (unpaired) electrons. The number of carbonyl (C=O) groups excluding carboxylic acids is 2. The topological polar surface area (TPSA) is 55.4 Å². The molecule has 0 bridgehead atoms. The van der Waals surface area contributed by atoms with E-state index in [9.17, 15) is 9.59 Å². The lowest BCUT2D eigenvalue weighted by Crippen LogP contribution is -2.30. The summed E-state index contributed by atoms with van der Waals surface area (Å²) < 4.78 is 5.04. The minimum absolute atomic E-state index is 0.0740. The zero-order chi connectivity index (χ0) is 15.3. The van der Waals surface area contributed by atoms with Gasteiger partial charge in [0, 0.05) is 10.3 Å². The summed E-state index contributed by atoms with van der Waals surface area (Å²) in [6.45, 7) is 9.86. The van der Waals surface area contributed by atoms with Crippen LogP contribution in [0.3, 0.4) is 0 Å². The third-order valence-electron chi connectivity index (χ3n) is 3.35. The van der Waals surface area contributed by atoms with Crippen LogP contribution in [0.5, 0.6) is 0 Å². The molecule has 1 N–H and O–H groups in total. The Labute approximate surface area is 124 Å². The van der Waals surface area contributed by atoms with E-state index in [4.69, 9.17) is 4.74 Å². The van der Waals surface area contributed by atoms with Gasteiger partial charge < -0.3 is 10.1 Å². The molecular formula is C15H23NO3S. The number of carbonyl (C=O) groups is 2. The summed E-state index contributed by atoms with van der Waals surface area (Å²) in [7, 11) is 0. The average molecular weight is 297 g/mol. The van der Waals surface area contributed by atoms with E-state index in [1.54, 1.807) is 13.0 Å². The lowest BCUT2D eigenvalue weighted by Gasteiger charge is -2.21. The highest BCUT2D eigenvalue weighted by molar-refractivity contribution is 7.16. The first-order valence-corrected chi connectivity index (χ1v) is 7.78. The third-order valence-corrected chi connectivity index (χ3v) is 4.55. The smallest absolute Gasteiger partial charge is 0.341 e. The van der Waals surface area contributed by atoms with Crippen molar-refractivity contribution in [3.63, 3.8) is 0 Å². The molecule has 1 amide bonds. The Balaban J connectivity index is 3.02. The molecule has 0 aliphatic carbocycles. The highest BCUT2D eigenvalue weighted by Gasteiger charge is 2.27. The molecule has 1 aromatic heterocycles. The quantitative estimate of drug-likeness (QED) is 0.811. The Hall–Kier alpha value is -1.36. The number of amides is 1. The molecule has 0 atom stereocenters. The molecule has 4 nitrogen and oxygen atoms in total. The molecule has 1 heterocycles. The van der Waals surface area contributed by atoms with Crippen LogP contribution in [0.4, 0.5) is 5.00 Å². The van der Waals surface area contributed by atoms with Gasteiger partial charge in [-0.25, -0.2) is 4.79 Å². The molecule has 0 fully saturated rings. The van der Waals surface area contributed by atoms with Gasteiger partial charge in [-0.2, -0.15) is 0 Å². The van der Waals surface area contributed by atoms with Crippen molar-refractivity contribution in [2.45, 2.75) is 47.5 Å². The van der Waals surface area contributed by atoms with Crippen molar-refractivity contribution in [2.24, 2.45) is 5.41 Å². The number of aryl methyl sites for hydroxylation is 1. The van der Waals surface area contributed by atoms with Crippen LogP contribution in [-0.2, 0) is 16.0 Å². The Morgan fingerprint density at radius 2 is 1.95 bits per heavy atom. The molecule has 20 heavy (non-hydrogen) atoms. The van der Waals surface area contributed by atoms with Gasteiger partial charge in [0.25, 0.3) is 0 Å². The first-order valence-electron chi connectivity index (χ1n) is 6.97. The van der Waals surface area contributed by atoms with Gasteiger partial charge in [-0.1, -0.05) is 27.7 Å². The van der Waals surface area contributed by atoms with Gasteiger partial charge in [0.05, 0.1) is 12.2 Å². The van der Waals surface area contributed by atoms with Crippen molar-refractivity contribution in [1.29, 1.82) is 0 Å². The fourth-order valence-corrected chi connectivity index (χ4v) is 2.48. The molecule has 112 valence electrons. The molecule has 5 heteroatoms. The summed E-state index contributed by atoms with van der Waals surface area (Å²) >= 11 is 1.44. The second-order valence-corrected chi connectivity index (χ2v) is 6.36. The van der Waals surface area contributed by atoms with Crippen molar-refractivity contribution < 1.29 is 14.3 Å². The first-order chi connectivity index (χ1) is 9.35. The number of hydrogen-bond donors (Lipinski definition) is 1. The zero-order valence-corrected chi connectivity index (χ0v) is 13.6.